The first-order chi connectivity index (χ1) is 11.4. The number of hydrogen-bond acceptors (Lipinski definition) is 4. The molecule has 0 bridgehead atoms. The highest BCUT2D eigenvalue weighted by Gasteiger charge is 2.29. The van der Waals surface area contributed by atoms with E-state index in [4.69, 9.17) is 5.26 Å². The van der Waals surface area contributed by atoms with Crippen molar-refractivity contribution < 1.29 is 8.42 Å². The van der Waals surface area contributed by atoms with E-state index in [2.05, 4.69) is 15.8 Å². The summed E-state index contributed by atoms with van der Waals surface area (Å²) in [6.07, 6.45) is 6.66. The summed E-state index contributed by atoms with van der Waals surface area (Å²) in [4.78, 5) is 4.47. The molecule has 3 rings (SSSR count). The quantitative estimate of drug-likeness (QED) is 0.922. The molecule has 2 aromatic heterocycles. The maximum absolute atomic E-state index is 13.0. The highest BCUT2D eigenvalue weighted by Crippen LogP contribution is 2.27. The lowest BCUT2D eigenvalue weighted by atomic mass is 9.96. The number of nitrogens with zero attached hydrogens (tertiary/aromatic N) is 3. The molecule has 1 N–H and O–H groups in total. The fourth-order valence-corrected chi connectivity index (χ4v) is 5.01. The Morgan fingerprint density at radius 1 is 1.33 bits per heavy atom. The second-order valence-corrected chi connectivity index (χ2v) is 8.30. The molecule has 6 nitrogen and oxygen atoms in total. The number of fused-ring (bicyclic) bond motifs is 1. The van der Waals surface area contributed by atoms with Gasteiger partial charge in [0.15, 0.2) is 5.03 Å². The second-order valence-electron chi connectivity index (χ2n) is 6.67. The Bertz CT molecular complexity index is 887. The Morgan fingerprint density at radius 3 is 2.67 bits per heavy atom. The van der Waals surface area contributed by atoms with Gasteiger partial charge in [0.05, 0.1) is 17.3 Å². The number of sulfonamides is 1. The number of imidazole rings is 1. The zero-order valence-electron chi connectivity index (χ0n) is 14.0. The molecule has 1 aliphatic carbocycles. The van der Waals surface area contributed by atoms with Gasteiger partial charge in [0.25, 0.3) is 10.0 Å². The molecule has 1 saturated carbocycles. The standard InChI is InChI=1S/C17H22N4O2S/c1-12(2)16-17(21-9-8-13(11-18)10-15(21)19-16)24(22,23)20-14-6-4-3-5-7-14/h8-10,12,14,20H,3-7H2,1-2H3. The molecule has 128 valence electrons. The van der Waals surface area contributed by atoms with Crippen LogP contribution in [0, 0.1) is 11.3 Å². The van der Waals surface area contributed by atoms with Crippen molar-refractivity contribution in [2.45, 2.75) is 62.9 Å². The summed E-state index contributed by atoms with van der Waals surface area (Å²) in [5.74, 6) is -0.0339. The molecule has 0 spiro atoms. The van der Waals surface area contributed by atoms with Gasteiger partial charge in [-0.3, -0.25) is 4.40 Å². The van der Waals surface area contributed by atoms with Crippen LogP contribution in [0.2, 0.25) is 0 Å². The summed E-state index contributed by atoms with van der Waals surface area (Å²) in [7, 11) is -3.67. The Hall–Kier alpha value is -1.91. The monoisotopic (exact) mass is 346 g/mol. The summed E-state index contributed by atoms with van der Waals surface area (Å²) in [6, 6.07) is 5.28. The van der Waals surface area contributed by atoms with Crippen LogP contribution in [-0.2, 0) is 10.0 Å². The molecular weight excluding hydrogens is 324 g/mol. The fourth-order valence-electron chi connectivity index (χ4n) is 3.25. The molecule has 7 heteroatoms. The minimum atomic E-state index is -3.67. The maximum Gasteiger partial charge on any atom is 0.258 e. The van der Waals surface area contributed by atoms with Gasteiger partial charge >= 0.3 is 0 Å². The summed E-state index contributed by atoms with van der Waals surface area (Å²) in [5.41, 5.74) is 1.49. The van der Waals surface area contributed by atoms with E-state index in [1.807, 2.05) is 13.8 Å². The van der Waals surface area contributed by atoms with Crippen LogP contribution in [0.4, 0.5) is 0 Å². The number of pyridine rings is 1. The average molecular weight is 346 g/mol. The predicted octanol–water partition coefficient (Wildman–Crippen LogP) is 2.94. The molecule has 24 heavy (non-hydrogen) atoms. The van der Waals surface area contributed by atoms with Gasteiger partial charge in [-0.2, -0.15) is 5.26 Å². The lowest BCUT2D eigenvalue weighted by Gasteiger charge is -2.22. The number of nitrogens with one attached hydrogen (secondary N) is 1. The minimum absolute atomic E-state index is 0.00676. The number of hydrogen-bond donors (Lipinski definition) is 1. The first-order valence-corrected chi connectivity index (χ1v) is 9.85. The minimum Gasteiger partial charge on any atom is -0.289 e. The Balaban J connectivity index is 2.09. The number of nitriles is 1. The van der Waals surface area contributed by atoms with Crippen LogP contribution in [0.25, 0.3) is 5.65 Å². The van der Waals surface area contributed by atoms with Crippen molar-refractivity contribution in [1.82, 2.24) is 14.1 Å². The molecule has 0 aliphatic heterocycles. The maximum atomic E-state index is 13.0. The Labute approximate surface area is 142 Å². The zero-order valence-corrected chi connectivity index (χ0v) is 14.8. The van der Waals surface area contributed by atoms with Gasteiger partial charge in [-0.05, 0) is 30.9 Å². The number of aromatic nitrogens is 2. The van der Waals surface area contributed by atoms with Crippen molar-refractivity contribution in [3.63, 3.8) is 0 Å². The molecule has 2 aromatic rings. The van der Waals surface area contributed by atoms with Gasteiger partial charge in [0.1, 0.15) is 5.65 Å². The van der Waals surface area contributed by atoms with Crippen LogP contribution < -0.4 is 4.72 Å². The molecule has 2 heterocycles. The van der Waals surface area contributed by atoms with Crippen LogP contribution in [0.1, 0.15) is 63.1 Å². The van der Waals surface area contributed by atoms with Crippen LogP contribution >= 0.6 is 0 Å². The van der Waals surface area contributed by atoms with Gasteiger partial charge in [-0.1, -0.05) is 33.1 Å². The van der Waals surface area contributed by atoms with E-state index in [1.54, 1.807) is 22.7 Å². The Kier molecular flexibility index (Phi) is 4.61. The fraction of sp³-hybridized carbons (Fsp3) is 0.529. The largest absolute Gasteiger partial charge is 0.289 e. The third kappa shape index (κ3) is 3.17. The molecule has 0 atom stereocenters. The summed E-state index contributed by atoms with van der Waals surface area (Å²) >= 11 is 0. The van der Waals surface area contributed by atoms with Crippen molar-refractivity contribution in [2.75, 3.05) is 0 Å². The van der Waals surface area contributed by atoms with E-state index in [1.165, 1.54) is 6.42 Å². The van der Waals surface area contributed by atoms with Gasteiger partial charge in [0.2, 0.25) is 0 Å². The van der Waals surface area contributed by atoms with Crippen molar-refractivity contribution in [2.24, 2.45) is 0 Å². The second kappa shape index (κ2) is 6.54. The zero-order chi connectivity index (χ0) is 17.3. The van der Waals surface area contributed by atoms with Gasteiger partial charge in [-0.25, -0.2) is 18.1 Å². The molecule has 0 amide bonds. The smallest absolute Gasteiger partial charge is 0.258 e. The Morgan fingerprint density at radius 2 is 2.04 bits per heavy atom. The lowest BCUT2D eigenvalue weighted by Crippen LogP contribution is -2.37. The van der Waals surface area contributed by atoms with E-state index < -0.39 is 10.0 Å². The number of rotatable bonds is 4. The van der Waals surface area contributed by atoms with Crippen LogP contribution in [-0.4, -0.2) is 23.8 Å². The highest BCUT2D eigenvalue weighted by molar-refractivity contribution is 7.89. The van der Waals surface area contributed by atoms with Crippen LogP contribution in [0.15, 0.2) is 23.4 Å². The van der Waals surface area contributed by atoms with E-state index in [9.17, 15) is 8.42 Å². The van der Waals surface area contributed by atoms with Gasteiger partial charge in [-0.15, -0.1) is 0 Å². The molecule has 0 radical (unpaired) electrons. The predicted molar refractivity (Wildman–Crippen MR) is 91.2 cm³/mol. The summed E-state index contributed by atoms with van der Waals surface area (Å²) < 4.78 is 30.5. The molecule has 0 saturated heterocycles. The average Bonchev–Trinajstić information content (AvgIpc) is 2.95. The normalized spacial score (nSPS) is 16.6. The molecule has 1 fully saturated rings. The van der Waals surface area contributed by atoms with Gasteiger partial charge < -0.3 is 0 Å². The van der Waals surface area contributed by atoms with Gasteiger partial charge in [0, 0.05) is 12.2 Å². The topological polar surface area (TPSA) is 87.3 Å². The third-order valence-electron chi connectivity index (χ3n) is 4.47. The molecule has 0 unspecified atom stereocenters. The van der Waals surface area contributed by atoms with E-state index in [-0.39, 0.29) is 17.0 Å². The van der Waals surface area contributed by atoms with Crippen molar-refractivity contribution >= 4 is 15.7 Å². The molecule has 1 aliphatic rings. The van der Waals surface area contributed by atoms with Crippen molar-refractivity contribution in [3.05, 3.63) is 29.6 Å². The third-order valence-corrected chi connectivity index (χ3v) is 6.02. The van der Waals surface area contributed by atoms with E-state index in [0.29, 0.717) is 16.9 Å². The SMILES string of the molecule is CC(C)c1nc2cc(C#N)ccn2c1S(=O)(=O)NC1CCCCC1. The summed E-state index contributed by atoms with van der Waals surface area (Å²) in [6.45, 7) is 3.85. The first-order valence-electron chi connectivity index (χ1n) is 8.37. The van der Waals surface area contributed by atoms with Crippen LogP contribution in [0.5, 0.6) is 0 Å². The van der Waals surface area contributed by atoms with E-state index >= 15 is 0 Å². The lowest BCUT2D eigenvalue weighted by molar-refractivity contribution is 0.411. The van der Waals surface area contributed by atoms with Crippen LogP contribution in [0.3, 0.4) is 0 Å². The van der Waals surface area contributed by atoms with E-state index in [0.717, 1.165) is 25.7 Å². The summed E-state index contributed by atoms with van der Waals surface area (Å²) in [5, 5.41) is 9.24. The molecule has 0 aromatic carbocycles. The first kappa shape index (κ1) is 16.9. The molecular formula is C17H22N4O2S. The van der Waals surface area contributed by atoms with Crippen molar-refractivity contribution in [3.8, 4) is 6.07 Å². The van der Waals surface area contributed by atoms with Crippen molar-refractivity contribution in [1.29, 1.82) is 5.26 Å². The highest BCUT2D eigenvalue weighted by atomic mass is 32.2.